The van der Waals surface area contributed by atoms with Crippen LogP contribution >= 0.6 is 0 Å². The van der Waals surface area contributed by atoms with Gasteiger partial charge in [0.25, 0.3) is 0 Å². The van der Waals surface area contributed by atoms with Crippen LogP contribution in [0.2, 0.25) is 0 Å². The van der Waals surface area contributed by atoms with Crippen molar-refractivity contribution < 1.29 is 13.2 Å². The zero-order chi connectivity index (χ0) is 19.4. The Morgan fingerprint density at radius 3 is 2.11 bits per heavy atom. The maximum absolute atomic E-state index is 12.7. The second-order valence-electron chi connectivity index (χ2n) is 6.42. The minimum atomic E-state index is -3.73. The van der Waals surface area contributed by atoms with E-state index in [-0.39, 0.29) is 10.7 Å². The molecule has 0 aliphatic heterocycles. The van der Waals surface area contributed by atoms with Crippen LogP contribution in [0.4, 0.5) is 0 Å². The molecule has 0 unspecified atom stereocenters. The van der Waals surface area contributed by atoms with Crippen molar-refractivity contribution in [3.8, 4) is 11.1 Å². The first-order valence-electron chi connectivity index (χ1n) is 8.65. The third-order valence-corrected chi connectivity index (χ3v) is 5.94. The molecular formula is C22H21NO3S. The van der Waals surface area contributed by atoms with E-state index >= 15 is 0 Å². The monoisotopic (exact) mass is 379 g/mol. The molecule has 27 heavy (non-hydrogen) atoms. The van der Waals surface area contributed by atoms with Crippen molar-refractivity contribution >= 4 is 15.8 Å². The van der Waals surface area contributed by atoms with Crippen LogP contribution in [0.15, 0.2) is 83.8 Å². The molecule has 3 rings (SSSR count). The molecule has 3 aromatic rings. The summed E-state index contributed by atoms with van der Waals surface area (Å²) in [6.07, 6.45) is 0. The van der Waals surface area contributed by atoms with Crippen LogP contribution in [-0.2, 0) is 10.0 Å². The van der Waals surface area contributed by atoms with Crippen molar-refractivity contribution in [1.82, 2.24) is 4.72 Å². The Hall–Kier alpha value is -2.76. The Kier molecular flexibility index (Phi) is 5.54. The van der Waals surface area contributed by atoms with Gasteiger partial charge in [-0.05, 0) is 42.7 Å². The van der Waals surface area contributed by atoms with E-state index in [9.17, 15) is 13.2 Å². The van der Waals surface area contributed by atoms with Gasteiger partial charge in [-0.3, -0.25) is 4.79 Å². The van der Waals surface area contributed by atoms with Crippen molar-refractivity contribution in [2.24, 2.45) is 0 Å². The van der Waals surface area contributed by atoms with Crippen LogP contribution in [0.5, 0.6) is 0 Å². The molecule has 138 valence electrons. The summed E-state index contributed by atoms with van der Waals surface area (Å²) < 4.78 is 28.0. The predicted molar refractivity (Wildman–Crippen MR) is 107 cm³/mol. The lowest BCUT2D eigenvalue weighted by molar-refractivity contribution is 0.101. The molecule has 1 N–H and O–H groups in total. The summed E-state index contributed by atoms with van der Waals surface area (Å²) in [6.45, 7) is 3.21. The number of sulfonamides is 1. The third kappa shape index (κ3) is 4.51. The second-order valence-corrected chi connectivity index (χ2v) is 8.13. The zero-order valence-electron chi connectivity index (χ0n) is 15.2. The predicted octanol–water partition coefficient (Wildman–Crippen LogP) is 4.60. The lowest BCUT2D eigenvalue weighted by Crippen LogP contribution is -2.27. The van der Waals surface area contributed by atoms with E-state index in [4.69, 9.17) is 0 Å². The number of rotatable bonds is 6. The van der Waals surface area contributed by atoms with E-state index in [2.05, 4.69) is 4.72 Å². The number of nitrogens with one attached hydrogen (secondary N) is 1. The van der Waals surface area contributed by atoms with Crippen LogP contribution in [0.1, 0.15) is 35.8 Å². The molecule has 0 saturated carbocycles. The summed E-state index contributed by atoms with van der Waals surface area (Å²) in [7, 11) is -3.73. The lowest BCUT2D eigenvalue weighted by atomic mass is 10.0. The molecule has 0 amide bonds. The van der Waals surface area contributed by atoms with E-state index < -0.39 is 16.1 Å². The molecule has 0 radical (unpaired) electrons. The highest BCUT2D eigenvalue weighted by atomic mass is 32.2. The van der Waals surface area contributed by atoms with Gasteiger partial charge in [-0.15, -0.1) is 0 Å². The van der Waals surface area contributed by atoms with Crippen LogP contribution in [0.25, 0.3) is 11.1 Å². The SMILES string of the molecule is CC(=O)c1cccc(S(=O)(=O)N[C@H](C)c2ccc(-c3ccccc3)cc2)c1. The Bertz CT molecular complexity index is 1040. The Labute approximate surface area is 159 Å². The summed E-state index contributed by atoms with van der Waals surface area (Å²) in [6, 6.07) is 23.4. The van der Waals surface area contributed by atoms with Crippen molar-refractivity contribution in [1.29, 1.82) is 0 Å². The molecule has 4 nitrogen and oxygen atoms in total. The van der Waals surface area contributed by atoms with Gasteiger partial charge >= 0.3 is 0 Å². The first-order chi connectivity index (χ1) is 12.9. The average molecular weight is 379 g/mol. The molecule has 0 saturated heterocycles. The van der Waals surface area contributed by atoms with Gasteiger partial charge in [-0.1, -0.05) is 66.7 Å². The summed E-state index contributed by atoms with van der Waals surface area (Å²) in [5.74, 6) is -0.170. The van der Waals surface area contributed by atoms with E-state index in [1.165, 1.54) is 19.1 Å². The van der Waals surface area contributed by atoms with Crippen molar-refractivity contribution in [3.63, 3.8) is 0 Å². The number of carbonyl (C=O) groups excluding carboxylic acids is 1. The number of Topliss-reactive ketones (excluding diaryl/α,β-unsaturated/α-hetero) is 1. The quantitative estimate of drug-likeness (QED) is 0.637. The highest BCUT2D eigenvalue weighted by molar-refractivity contribution is 7.89. The van der Waals surface area contributed by atoms with Gasteiger partial charge < -0.3 is 0 Å². The van der Waals surface area contributed by atoms with Crippen molar-refractivity contribution in [3.05, 3.63) is 90.0 Å². The number of benzene rings is 3. The van der Waals surface area contributed by atoms with E-state index in [0.29, 0.717) is 5.56 Å². The maximum Gasteiger partial charge on any atom is 0.241 e. The van der Waals surface area contributed by atoms with Crippen LogP contribution in [-0.4, -0.2) is 14.2 Å². The number of hydrogen-bond acceptors (Lipinski definition) is 3. The fourth-order valence-corrected chi connectivity index (χ4v) is 4.12. The summed E-state index contributed by atoms with van der Waals surface area (Å²) in [5.41, 5.74) is 3.42. The number of hydrogen-bond donors (Lipinski definition) is 1. The van der Waals surface area contributed by atoms with Crippen LogP contribution in [0.3, 0.4) is 0 Å². The fourth-order valence-electron chi connectivity index (χ4n) is 2.85. The van der Waals surface area contributed by atoms with Gasteiger partial charge in [0.05, 0.1) is 4.90 Å². The van der Waals surface area contributed by atoms with Gasteiger partial charge in [-0.2, -0.15) is 0 Å². The van der Waals surface area contributed by atoms with E-state index in [1.54, 1.807) is 19.1 Å². The third-order valence-electron chi connectivity index (χ3n) is 4.40. The Morgan fingerprint density at radius 2 is 1.48 bits per heavy atom. The van der Waals surface area contributed by atoms with E-state index in [0.717, 1.165) is 16.7 Å². The smallest absolute Gasteiger partial charge is 0.241 e. The topological polar surface area (TPSA) is 63.2 Å². The Balaban J connectivity index is 1.79. The summed E-state index contributed by atoms with van der Waals surface area (Å²) >= 11 is 0. The molecule has 0 aromatic heterocycles. The minimum absolute atomic E-state index is 0.0861. The molecule has 0 aliphatic rings. The van der Waals surface area contributed by atoms with Gasteiger partial charge in [-0.25, -0.2) is 13.1 Å². The van der Waals surface area contributed by atoms with Crippen LogP contribution < -0.4 is 4.72 Å². The van der Waals surface area contributed by atoms with Gasteiger partial charge in [0.2, 0.25) is 10.0 Å². The summed E-state index contributed by atoms with van der Waals surface area (Å²) in [4.78, 5) is 11.6. The Morgan fingerprint density at radius 1 is 0.852 bits per heavy atom. The molecule has 0 spiro atoms. The normalized spacial score (nSPS) is 12.5. The molecule has 0 fully saturated rings. The lowest BCUT2D eigenvalue weighted by Gasteiger charge is -2.15. The number of ketones is 1. The molecule has 0 aliphatic carbocycles. The molecular weight excluding hydrogens is 358 g/mol. The molecule has 0 heterocycles. The van der Waals surface area contributed by atoms with Gasteiger partial charge in [0.1, 0.15) is 0 Å². The highest BCUT2D eigenvalue weighted by Crippen LogP contribution is 2.23. The van der Waals surface area contributed by atoms with Crippen molar-refractivity contribution in [2.75, 3.05) is 0 Å². The molecule has 3 aromatic carbocycles. The first-order valence-corrected chi connectivity index (χ1v) is 10.1. The van der Waals surface area contributed by atoms with E-state index in [1.807, 2.05) is 54.6 Å². The first kappa shape index (κ1) is 19.0. The minimum Gasteiger partial charge on any atom is -0.295 e. The zero-order valence-corrected chi connectivity index (χ0v) is 16.0. The largest absolute Gasteiger partial charge is 0.295 e. The highest BCUT2D eigenvalue weighted by Gasteiger charge is 2.19. The van der Waals surface area contributed by atoms with Gasteiger partial charge in [0, 0.05) is 11.6 Å². The second kappa shape index (κ2) is 7.86. The molecule has 0 bridgehead atoms. The maximum atomic E-state index is 12.7. The number of carbonyl (C=O) groups is 1. The van der Waals surface area contributed by atoms with Gasteiger partial charge in [0.15, 0.2) is 5.78 Å². The van der Waals surface area contributed by atoms with Crippen molar-refractivity contribution in [2.45, 2.75) is 24.8 Å². The summed E-state index contributed by atoms with van der Waals surface area (Å²) in [5, 5.41) is 0. The van der Waals surface area contributed by atoms with Crippen LogP contribution in [0, 0.1) is 0 Å². The molecule has 1 atom stereocenters. The fraction of sp³-hybridized carbons (Fsp3) is 0.136. The average Bonchev–Trinajstić information content (AvgIpc) is 2.68. The standard InChI is InChI=1S/C22H21NO3S/c1-16(18-11-13-20(14-12-18)19-7-4-3-5-8-19)23-27(25,26)22-10-6-9-21(15-22)17(2)24/h3-16,23H,1-2H3/t16-/m1/s1. The molecule has 5 heteroatoms.